The Morgan fingerprint density at radius 1 is 0.468 bits per heavy atom. The molecule has 0 saturated carbocycles. The maximum absolute atomic E-state index is 10.6. The van der Waals surface area contributed by atoms with E-state index in [0.29, 0.717) is 25.2 Å². The highest BCUT2D eigenvalue weighted by molar-refractivity contribution is 5.73. The number of carbonyl (C=O) groups is 8. The van der Waals surface area contributed by atoms with Gasteiger partial charge in [0, 0.05) is 66.0 Å². The molecule has 0 atom stereocenters. The molecule has 0 aromatic rings. The summed E-state index contributed by atoms with van der Waals surface area (Å²) in [6.45, 7) is 11.9. The molecule has 0 aliphatic rings. The van der Waals surface area contributed by atoms with E-state index in [4.69, 9.17) is 71.5 Å². The number of rotatable bonds is 14. The van der Waals surface area contributed by atoms with E-state index in [2.05, 4.69) is 33.0 Å². The predicted octanol–water partition coefficient (Wildman–Crippen LogP) is -1.41. The molecule has 21 heteroatoms. The van der Waals surface area contributed by atoms with Crippen LogP contribution in [0, 0.1) is 0 Å². The number of nitrogens with two attached hydrogens (primary N) is 2. The van der Waals surface area contributed by atoms with Crippen LogP contribution in [-0.4, -0.2) is 163 Å². The van der Waals surface area contributed by atoms with Gasteiger partial charge in [0.1, 0.15) is 0 Å². The molecule has 0 bridgehead atoms. The number of hydrogen-bond acceptors (Lipinski definition) is 13. The largest absolute Gasteiger partial charge is 0.481 e. The molecule has 21 nitrogen and oxygen atoms in total. The Hall–Kier alpha value is -4.44. The van der Waals surface area contributed by atoms with Crippen LogP contribution in [0.1, 0.15) is 55.4 Å². The third kappa shape index (κ3) is 140. The molecule has 0 aromatic heterocycles. The van der Waals surface area contributed by atoms with E-state index < -0.39 is 73.9 Å². The highest BCUT2D eigenvalue weighted by Gasteiger charge is 2.18. The van der Waals surface area contributed by atoms with E-state index in [-0.39, 0.29) is 13.1 Å². The van der Waals surface area contributed by atoms with Crippen LogP contribution >= 0.6 is 0 Å². The zero-order valence-corrected chi connectivity index (χ0v) is 28.2. The van der Waals surface area contributed by atoms with E-state index in [1.165, 1.54) is 0 Å². The van der Waals surface area contributed by atoms with Crippen LogP contribution in [0.5, 0.6) is 0 Å². The molecule has 280 valence electrons. The van der Waals surface area contributed by atoms with Crippen molar-refractivity contribution in [2.45, 2.75) is 67.5 Å². The summed E-state index contributed by atoms with van der Waals surface area (Å²) in [4.78, 5) is 80.4. The van der Waals surface area contributed by atoms with Crippen LogP contribution in [-0.2, 0) is 38.4 Å². The van der Waals surface area contributed by atoms with Crippen molar-refractivity contribution in [2.24, 2.45) is 11.5 Å². The van der Waals surface area contributed by atoms with Crippen molar-refractivity contribution in [1.29, 1.82) is 0 Å². The number of nitrogens with zero attached hydrogens (tertiary/aromatic N) is 2. The minimum Gasteiger partial charge on any atom is -0.481 e. The highest BCUT2D eigenvalue weighted by Crippen LogP contribution is 1.94. The molecular formula is C26H55N5O16. The second-order valence-corrected chi connectivity index (χ2v) is 9.13. The molecule has 0 radical (unpaired) electrons. The van der Waals surface area contributed by atoms with Gasteiger partial charge in [-0.15, -0.1) is 0 Å². The lowest BCUT2D eigenvalue weighted by atomic mass is 10.3. The third-order valence-corrected chi connectivity index (χ3v) is 3.00. The molecule has 0 aromatic carbocycles. The number of nitrogens with one attached hydrogen (secondary N) is 1. The smallest absolute Gasteiger partial charge is 0.317 e. The summed E-state index contributed by atoms with van der Waals surface area (Å²) in [7, 11) is 0. The van der Waals surface area contributed by atoms with Crippen LogP contribution < -0.4 is 16.8 Å². The summed E-state index contributed by atoms with van der Waals surface area (Å²) < 4.78 is 0. The fourth-order valence-electron chi connectivity index (χ4n) is 2.14. The molecule has 0 aliphatic carbocycles. The van der Waals surface area contributed by atoms with Crippen molar-refractivity contribution < 1.29 is 79.2 Å². The Kier molecular flexibility index (Phi) is 51.4. The summed E-state index contributed by atoms with van der Waals surface area (Å²) in [6, 6.07) is 1.25. The van der Waals surface area contributed by atoms with Gasteiger partial charge in [0.25, 0.3) is 23.9 Å². The van der Waals surface area contributed by atoms with E-state index in [1.54, 1.807) is 0 Å². The first-order valence-electron chi connectivity index (χ1n) is 13.4. The van der Waals surface area contributed by atoms with Crippen molar-refractivity contribution in [3.8, 4) is 0 Å². The third-order valence-electron chi connectivity index (χ3n) is 3.00. The van der Waals surface area contributed by atoms with Crippen LogP contribution in [0.3, 0.4) is 0 Å². The highest BCUT2D eigenvalue weighted by atomic mass is 16.4. The molecule has 0 saturated heterocycles. The van der Waals surface area contributed by atoms with Gasteiger partial charge >= 0.3 is 23.9 Å². The van der Waals surface area contributed by atoms with E-state index in [0.717, 1.165) is 37.5 Å². The van der Waals surface area contributed by atoms with Crippen LogP contribution in [0.25, 0.3) is 0 Å². The first kappa shape index (κ1) is 58.1. The normalized spacial score (nSPS) is 8.98. The lowest BCUT2D eigenvalue weighted by molar-refractivity contribution is -0.145. The molecule has 0 fully saturated rings. The Morgan fingerprint density at radius 3 is 0.681 bits per heavy atom. The monoisotopic (exact) mass is 693 g/mol. The van der Waals surface area contributed by atoms with Gasteiger partial charge in [0.05, 0.1) is 26.2 Å². The standard InChI is InChI=1S/C10H16N2O8.C6H15N.C2H8N2.4C2H4O2/c13-7(14)3-11(4-8(15)16)1-2-12(5-9(17)18)6-10(19)20;1-5(2)7-6(3)4;3-1-2-4;4*1-2(3)4/h1-6H2,(H,13,14)(H,15,16)(H,17,18)(H,19,20);5-7H,1-4H3;1-4H2;4*1H3,(H,3,4). The number of aliphatic carboxylic acids is 8. The minimum absolute atomic E-state index is 0.0703. The van der Waals surface area contributed by atoms with Gasteiger partial charge in [0.15, 0.2) is 0 Å². The van der Waals surface area contributed by atoms with Crippen molar-refractivity contribution in [1.82, 2.24) is 15.1 Å². The average molecular weight is 694 g/mol. The van der Waals surface area contributed by atoms with Crippen LogP contribution in [0.2, 0.25) is 0 Å². The molecule has 47 heavy (non-hydrogen) atoms. The molecule has 0 amide bonds. The van der Waals surface area contributed by atoms with Gasteiger partial charge in [-0.2, -0.15) is 0 Å². The van der Waals surface area contributed by atoms with Gasteiger partial charge in [-0.1, -0.05) is 27.7 Å². The quantitative estimate of drug-likeness (QED) is 0.0994. The average Bonchev–Trinajstić information content (AvgIpc) is 2.79. The summed E-state index contributed by atoms with van der Waals surface area (Å²) in [5.41, 5.74) is 9.81. The molecule has 0 spiro atoms. The zero-order chi connectivity index (χ0) is 39.3. The second-order valence-electron chi connectivity index (χ2n) is 9.13. The fraction of sp³-hybridized carbons (Fsp3) is 0.692. The summed E-state index contributed by atoms with van der Waals surface area (Å²) in [5, 5.41) is 67.4. The Balaban J connectivity index is -0.0000000962. The summed E-state index contributed by atoms with van der Waals surface area (Å²) in [5.74, 6) is -8.24. The molecule has 0 unspecified atom stereocenters. The van der Waals surface area contributed by atoms with Crippen LogP contribution in [0.15, 0.2) is 0 Å². The second kappa shape index (κ2) is 41.6. The Bertz CT molecular complexity index is 730. The van der Waals surface area contributed by atoms with Crippen molar-refractivity contribution in [3.63, 3.8) is 0 Å². The van der Waals surface area contributed by atoms with Gasteiger partial charge in [-0.25, -0.2) is 0 Å². The lowest BCUT2D eigenvalue weighted by Gasteiger charge is -2.23. The fourth-order valence-corrected chi connectivity index (χ4v) is 2.14. The van der Waals surface area contributed by atoms with Gasteiger partial charge < -0.3 is 57.6 Å². The van der Waals surface area contributed by atoms with Crippen molar-refractivity contribution in [2.75, 3.05) is 52.4 Å². The van der Waals surface area contributed by atoms with E-state index in [9.17, 15) is 19.2 Å². The number of carboxylic acids is 8. The maximum Gasteiger partial charge on any atom is 0.317 e. The van der Waals surface area contributed by atoms with Gasteiger partial charge in [0.2, 0.25) is 0 Å². The van der Waals surface area contributed by atoms with Crippen molar-refractivity contribution in [3.05, 3.63) is 0 Å². The van der Waals surface area contributed by atoms with E-state index >= 15 is 0 Å². The Morgan fingerprint density at radius 2 is 0.617 bits per heavy atom. The molecule has 13 N–H and O–H groups in total. The summed E-state index contributed by atoms with van der Waals surface area (Å²) in [6.07, 6.45) is 0. The first-order chi connectivity index (χ1) is 21.2. The minimum atomic E-state index is -1.23. The topological polar surface area (TPSA) is 369 Å². The SMILES string of the molecule is CC(=O)O.CC(=O)O.CC(=O)O.CC(=O)O.CC(C)NC(C)C.NCCN.O=C(O)CN(CCN(CC(=O)O)CC(=O)O)CC(=O)O. The Labute approximate surface area is 273 Å². The van der Waals surface area contributed by atoms with Gasteiger partial charge in [-0.3, -0.25) is 48.2 Å². The lowest BCUT2D eigenvalue weighted by Crippen LogP contribution is -2.43. The van der Waals surface area contributed by atoms with Crippen molar-refractivity contribution >= 4 is 47.8 Å². The van der Waals surface area contributed by atoms with Gasteiger partial charge in [-0.05, 0) is 0 Å². The summed E-state index contributed by atoms with van der Waals surface area (Å²) >= 11 is 0. The molecule has 0 aliphatic heterocycles. The predicted molar refractivity (Wildman–Crippen MR) is 168 cm³/mol. The maximum atomic E-state index is 10.6. The molecule has 0 rings (SSSR count). The zero-order valence-electron chi connectivity index (χ0n) is 28.2. The molecule has 0 heterocycles. The number of hydrogen-bond donors (Lipinski definition) is 11. The van der Waals surface area contributed by atoms with E-state index in [1.807, 2.05) is 0 Å². The first-order valence-corrected chi connectivity index (χ1v) is 13.4. The molecular weight excluding hydrogens is 638 g/mol. The number of carboxylic acid groups (broad SMARTS) is 8. The van der Waals surface area contributed by atoms with Crippen LogP contribution in [0.4, 0.5) is 0 Å².